The first kappa shape index (κ1) is 14.7. The number of piperidine rings is 1. The molecule has 0 amide bonds. The van der Waals surface area contributed by atoms with Gasteiger partial charge in [-0.3, -0.25) is 4.79 Å². The summed E-state index contributed by atoms with van der Waals surface area (Å²) in [4.78, 5) is 23.1. The molecule has 4 heteroatoms. The van der Waals surface area contributed by atoms with Crippen LogP contribution in [0, 0.1) is 0 Å². The van der Waals surface area contributed by atoms with E-state index in [0.717, 1.165) is 36.0 Å². The third kappa shape index (κ3) is 3.16. The smallest absolute Gasteiger partial charge is 0.161 e. The van der Waals surface area contributed by atoms with Crippen molar-refractivity contribution in [1.29, 1.82) is 0 Å². The average molecular weight is 295 g/mol. The van der Waals surface area contributed by atoms with E-state index < -0.39 is 0 Å². The Hall–Kier alpha value is -2.23. The fourth-order valence-electron chi connectivity index (χ4n) is 2.61. The van der Waals surface area contributed by atoms with Crippen molar-refractivity contribution in [2.75, 3.05) is 18.0 Å². The zero-order chi connectivity index (χ0) is 15.5. The fraction of sp³-hybridized carbons (Fsp3) is 0.389. The third-order valence-corrected chi connectivity index (χ3v) is 4.00. The molecule has 4 nitrogen and oxygen atoms in total. The Morgan fingerprint density at radius 2 is 1.73 bits per heavy atom. The van der Waals surface area contributed by atoms with Gasteiger partial charge in [-0.25, -0.2) is 9.97 Å². The zero-order valence-electron chi connectivity index (χ0n) is 13.1. The molecular formula is C18H21N3O. The van der Waals surface area contributed by atoms with Gasteiger partial charge in [-0.1, -0.05) is 44.2 Å². The van der Waals surface area contributed by atoms with Gasteiger partial charge < -0.3 is 4.90 Å². The fourth-order valence-corrected chi connectivity index (χ4v) is 2.61. The second-order valence-electron chi connectivity index (χ2n) is 6.02. The van der Waals surface area contributed by atoms with Crippen LogP contribution in [-0.4, -0.2) is 28.8 Å². The number of carbonyl (C=O) groups excluding carboxylic acids is 1. The highest BCUT2D eigenvalue weighted by Gasteiger charge is 2.19. The Kier molecular flexibility index (Phi) is 4.18. The van der Waals surface area contributed by atoms with Crippen LogP contribution in [0.5, 0.6) is 0 Å². The van der Waals surface area contributed by atoms with Gasteiger partial charge in [0.1, 0.15) is 11.6 Å². The second-order valence-corrected chi connectivity index (χ2v) is 6.02. The summed E-state index contributed by atoms with van der Waals surface area (Å²) in [7, 11) is 0. The van der Waals surface area contributed by atoms with Crippen molar-refractivity contribution in [1.82, 2.24) is 9.97 Å². The minimum atomic E-state index is 0.343. The molecule has 1 aromatic heterocycles. The van der Waals surface area contributed by atoms with Crippen LogP contribution < -0.4 is 4.90 Å². The van der Waals surface area contributed by atoms with Crippen LogP contribution in [0.25, 0.3) is 11.4 Å². The van der Waals surface area contributed by atoms with Gasteiger partial charge in [0.05, 0.1) is 0 Å². The lowest BCUT2D eigenvalue weighted by atomic mass is 10.1. The topological polar surface area (TPSA) is 46.1 Å². The van der Waals surface area contributed by atoms with E-state index in [9.17, 15) is 4.79 Å². The molecule has 1 aliphatic heterocycles. The molecule has 0 unspecified atom stereocenters. The van der Waals surface area contributed by atoms with Gasteiger partial charge in [0, 0.05) is 43.3 Å². The van der Waals surface area contributed by atoms with Crippen molar-refractivity contribution in [3.63, 3.8) is 0 Å². The normalized spacial score (nSPS) is 15.4. The second kappa shape index (κ2) is 6.26. The summed E-state index contributed by atoms with van der Waals surface area (Å²) in [6.07, 6.45) is 1.23. The van der Waals surface area contributed by atoms with Gasteiger partial charge in [0.15, 0.2) is 5.82 Å². The minimum absolute atomic E-state index is 0.343. The van der Waals surface area contributed by atoms with Gasteiger partial charge >= 0.3 is 0 Å². The van der Waals surface area contributed by atoms with E-state index >= 15 is 0 Å². The van der Waals surface area contributed by atoms with E-state index in [1.54, 1.807) is 0 Å². The molecule has 0 aliphatic carbocycles. The Morgan fingerprint density at radius 3 is 2.36 bits per heavy atom. The maximum absolute atomic E-state index is 11.4. The predicted molar refractivity (Wildman–Crippen MR) is 88.0 cm³/mol. The number of hydrogen-bond donors (Lipinski definition) is 0. The molecule has 2 heterocycles. The summed E-state index contributed by atoms with van der Waals surface area (Å²) in [5.41, 5.74) is 2.07. The van der Waals surface area contributed by atoms with Crippen LogP contribution in [-0.2, 0) is 4.79 Å². The Bertz CT molecular complexity index is 657. The summed E-state index contributed by atoms with van der Waals surface area (Å²) < 4.78 is 0. The first-order valence-electron chi connectivity index (χ1n) is 7.84. The van der Waals surface area contributed by atoms with Crippen LogP contribution >= 0.6 is 0 Å². The molecule has 0 bridgehead atoms. The SMILES string of the molecule is CC(C)c1cc(N2CCC(=O)CC2)nc(-c2ccccc2)n1. The molecule has 1 saturated heterocycles. The van der Waals surface area contributed by atoms with Gasteiger partial charge in [-0.15, -0.1) is 0 Å². The van der Waals surface area contributed by atoms with Gasteiger partial charge in [0.25, 0.3) is 0 Å². The number of ketones is 1. The molecule has 0 radical (unpaired) electrons. The van der Waals surface area contributed by atoms with Crippen LogP contribution in [0.1, 0.15) is 38.3 Å². The van der Waals surface area contributed by atoms with Gasteiger partial charge in [0.2, 0.25) is 0 Å². The zero-order valence-corrected chi connectivity index (χ0v) is 13.1. The van der Waals surface area contributed by atoms with Crippen LogP contribution in [0.3, 0.4) is 0 Å². The monoisotopic (exact) mass is 295 g/mol. The molecule has 1 aromatic carbocycles. The van der Waals surface area contributed by atoms with E-state index in [1.807, 2.05) is 30.3 Å². The third-order valence-electron chi connectivity index (χ3n) is 4.00. The molecule has 1 aliphatic rings. The predicted octanol–water partition coefficient (Wildman–Crippen LogP) is 3.44. The first-order chi connectivity index (χ1) is 10.6. The summed E-state index contributed by atoms with van der Waals surface area (Å²) in [5, 5.41) is 0. The van der Waals surface area contributed by atoms with Crippen LogP contribution in [0.4, 0.5) is 5.82 Å². The van der Waals surface area contributed by atoms with Crippen molar-refractivity contribution in [2.45, 2.75) is 32.6 Å². The molecule has 114 valence electrons. The number of benzene rings is 1. The van der Waals surface area contributed by atoms with Crippen LogP contribution in [0.2, 0.25) is 0 Å². The van der Waals surface area contributed by atoms with E-state index in [-0.39, 0.29) is 0 Å². The molecule has 0 saturated carbocycles. The molecule has 0 atom stereocenters. The van der Waals surface area contributed by atoms with E-state index in [1.165, 1.54) is 0 Å². The summed E-state index contributed by atoms with van der Waals surface area (Å²) in [6, 6.07) is 12.1. The minimum Gasteiger partial charge on any atom is -0.356 e. The largest absolute Gasteiger partial charge is 0.356 e. The van der Waals surface area contributed by atoms with Gasteiger partial charge in [-0.2, -0.15) is 0 Å². The highest BCUT2D eigenvalue weighted by molar-refractivity contribution is 5.80. The Labute approximate surface area is 131 Å². The Morgan fingerprint density at radius 1 is 1.05 bits per heavy atom. The Balaban J connectivity index is 1.99. The number of nitrogens with zero attached hydrogens (tertiary/aromatic N) is 3. The average Bonchev–Trinajstić information content (AvgIpc) is 2.56. The molecule has 2 aromatic rings. The van der Waals surface area contributed by atoms with Gasteiger partial charge in [-0.05, 0) is 5.92 Å². The number of anilines is 1. The molecule has 0 N–H and O–H groups in total. The maximum atomic E-state index is 11.4. The highest BCUT2D eigenvalue weighted by Crippen LogP contribution is 2.25. The van der Waals surface area contributed by atoms with Crippen molar-refractivity contribution >= 4 is 11.6 Å². The quantitative estimate of drug-likeness (QED) is 0.870. The summed E-state index contributed by atoms with van der Waals surface area (Å²) in [6.45, 7) is 5.78. The number of hydrogen-bond acceptors (Lipinski definition) is 4. The molecule has 22 heavy (non-hydrogen) atoms. The highest BCUT2D eigenvalue weighted by atomic mass is 16.1. The number of carbonyl (C=O) groups is 1. The standard InChI is InChI=1S/C18H21N3O/c1-13(2)16-12-17(21-10-8-15(22)9-11-21)20-18(19-16)14-6-4-3-5-7-14/h3-7,12-13H,8-11H2,1-2H3. The number of Topliss-reactive ketones (excluding diaryl/α,β-unsaturated/α-hetero) is 1. The summed E-state index contributed by atoms with van der Waals surface area (Å²) in [5.74, 6) is 2.39. The van der Waals surface area contributed by atoms with Crippen molar-refractivity contribution in [2.24, 2.45) is 0 Å². The van der Waals surface area contributed by atoms with E-state index in [2.05, 4.69) is 24.8 Å². The molecule has 1 fully saturated rings. The summed E-state index contributed by atoms with van der Waals surface area (Å²) >= 11 is 0. The van der Waals surface area contributed by atoms with Crippen molar-refractivity contribution < 1.29 is 4.79 Å². The van der Waals surface area contributed by atoms with Crippen LogP contribution in [0.15, 0.2) is 36.4 Å². The number of aromatic nitrogens is 2. The molecule has 0 spiro atoms. The maximum Gasteiger partial charge on any atom is 0.161 e. The number of rotatable bonds is 3. The molecular weight excluding hydrogens is 274 g/mol. The first-order valence-corrected chi connectivity index (χ1v) is 7.84. The van der Waals surface area contributed by atoms with E-state index in [4.69, 9.17) is 9.97 Å². The van der Waals surface area contributed by atoms with Crippen molar-refractivity contribution in [3.05, 3.63) is 42.1 Å². The lowest BCUT2D eigenvalue weighted by Crippen LogP contribution is -2.34. The van der Waals surface area contributed by atoms with Crippen molar-refractivity contribution in [3.8, 4) is 11.4 Å². The lowest BCUT2D eigenvalue weighted by molar-refractivity contribution is -0.119. The molecule has 3 rings (SSSR count). The lowest BCUT2D eigenvalue weighted by Gasteiger charge is -2.28. The van der Waals surface area contributed by atoms with E-state index in [0.29, 0.717) is 24.5 Å².